The molecule has 1 amide bonds. The fraction of sp³-hybridized carbons (Fsp3) is 0.333. The molecule has 1 aromatic carbocycles. The number of anilines is 2. The van der Waals surface area contributed by atoms with Gasteiger partial charge in [-0.1, -0.05) is 12.1 Å². The average Bonchev–Trinajstić information content (AvgIpc) is 2.36. The second-order valence-corrected chi connectivity index (χ2v) is 4.07. The number of hydrogen-bond acceptors (Lipinski definition) is 4. The molecule has 1 rings (SSSR count). The number of benzene rings is 1. The van der Waals surface area contributed by atoms with Gasteiger partial charge >= 0.3 is 0 Å². The van der Waals surface area contributed by atoms with E-state index in [1.54, 1.807) is 12.1 Å². The van der Waals surface area contributed by atoms with E-state index >= 15 is 0 Å². The summed E-state index contributed by atoms with van der Waals surface area (Å²) in [6, 6.07) is 7.31. The highest BCUT2D eigenvalue weighted by atomic mass is 16.4. The van der Waals surface area contributed by atoms with Crippen molar-refractivity contribution in [3.63, 3.8) is 0 Å². The normalized spacial score (nSPS) is 12.9. The highest BCUT2D eigenvalue weighted by Crippen LogP contribution is 2.13. The van der Waals surface area contributed by atoms with Crippen LogP contribution in [0, 0.1) is 5.92 Å². The Hall–Kier alpha value is -2.24. The molecule has 1 unspecified atom stereocenters. The molecule has 1 atom stereocenters. The number of carbonyl (C=O) groups is 1. The molecule has 0 radical (unpaired) electrons. The molecule has 18 heavy (non-hydrogen) atoms. The molecule has 0 bridgehead atoms. The Labute approximate surface area is 106 Å². The van der Waals surface area contributed by atoms with Crippen molar-refractivity contribution in [3.05, 3.63) is 24.3 Å². The molecule has 0 heterocycles. The lowest BCUT2D eigenvalue weighted by molar-refractivity contribution is -0.114. The molecule has 6 heteroatoms. The maximum atomic E-state index is 10.8. The molecule has 0 saturated heterocycles. The van der Waals surface area contributed by atoms with Crippen LogP contribution >= 0.6 is 0 Å². The van der Waals surface area contributed by atoms with E-state index in [-0.39, 0.29) is 17.7 Å². The zero-order valence-corrected chi connectivity index (χ0v) is 10.5. The first kappa shape index (κ1) is 13.8. The van der Waals surface area contributed by atoms with E-state index in [0.29, 0.717) is 6.54 Å². The van der Waals surface area contributed by atoms with Crippen LogP contribution in [0.5, 0.6) is 0 Å². The van der Waals surface area contributed by atoms with E-state index < -0.39 is 0 Å². The summed E-state index contributed by atoms with van der Waals surface area (Å²) in [5.74, 6) is 0.0265. The first-order valence-electron chi connectivity index (χ1n) is 5.62. The molecule has 98 valence electrons. The lowest BCUT2D eigenvalue weighted by Crippen LogP contribution is -2.27. The van der Waals surface area contributed by atoms with Gasteiger partial charge in [-0.05, 0) is 24.3 Å². The van der Waals surface area contributed by atoms with Crippen molar-refractivity contribution in [1.82, 2.24) is 0 Å². The zero-order chi connectivity index (χ0) is 13.5. The number of nitrogens with one attached hydrogen (secondary N) is 2. The van der Waals surface area contributed by atoms with Gasteiger partial charge in [-0.3, -0.25) is 4.79 Å². The third kappa shape index (κ3) is 4.32. The second-order valence-electron chi connectivity index (χ2n) is 4.07. The number of amidine groups is 1. The van der Waals surface area contributed by atoms with Crippen molar-refractivity contribution in [1.29, 1.82) is 0 Å². The predicted molar refractivity (Wildman–Crippen MR) is 71.8 cm³/mol. The summed E-state index contributed by atoms with van der Waals surface area (Å²) in [6.07, 6.45) is 0. The molecule has 0 spiro atoms. The van der Waals surface area contributed by atoms with Gasteiger partial charge in [-0.2, -0.15) is 0 Å². The lowest BCUT2D eigenvalue weighted by Gasteiger charge is -2.12. The monoisotopic (exact) mass is 250 g/mol. The van der Waals surface area contributed by atoms with Crippen LogP contribution < -0.4 is 16.4 Å². The molecule has 0 aromatic heterocycles. The number of nitrogens with zero attached hydrogens (tertiary/aromatic N) is 1. The minimum absolute atomic E-state index is 0.0648. The van der Waals surface area contributed by atoms with Crippen molar-refractivity contribution >= 4 is 23.1 Å². The van der Waals surface area contributed by atoms with E-state index in [2.05, 4.69) is 15.8 Å². The molecule has 0 aliphatic rings. The van der Waals surface area contributed by atoms with E-state index in [4.69, 9.17) is 10.9 Å². The van der Waals surface area contributed by atoms with Gasteiger partial charge in [-0.25, -0.2) is 0 Å². The van der Waals surface area contributed by atoms with Crippen LogP contribution in [0.4, 0.5) is 11.4 Å². The number of amides is 1. The van der Waals surface area contributed by atoms with Crippen LogP contribution in [0.15, 0.2) is 29.4 Å². The Morgan fingerprint density at radius 3 is 2.44 bits per heavy atom. The number of nitrogens with two attached hydrogens (primary N) is 1. The van der Waals surface area contributed by atoms with Gasteiger partial charge in [-0.15, -0.1) is 0 Å². The topological polar surface area (TPSA) is 99.7 Å². The number of hydrogen-bond donors (Lipinski definition) is 4. The molecule has 0 aliphatic heterocycles. The van der Waals surface area contributed by atoms with Crippen LogP contribution in [0.25, 0.3) is 0 Å². The SMILES string of the molecule is CC(=O)Nc1ccc(NCC(C)C(N)=NO)cc1. The van der Waals surface area contributed by atoms with E-state index in [9.17, 15) is 4.79 Å². The fourth-order valence-corrected chi connectivity index (χ4v) is 1.35. The minimum atomic E-state index is -0.101. The maximum Gasteiger partial charge on any atom is 0.221 e. The maximum absolute atomic E-state index is 10.8. The Kier molecular flexibility index (Phi) is 4.98. The molecule has 6 nitrogen and oxygen atoms in total. The lowest BCUT2D eigenvalue weighted by atomic mass is 10.1. The van der Waals surface area contributed by atoms with Crippen LogP contribution in [0.2, 0.25) is 0 Å². The Bertz CT molecular complexity index is 428. The smallest absolute Gasteiger partial charge is 0.221 e. The molecular formula is C12H18N4O2. The highest BCUT2D eigenvalue weighted by molar-refractivity contribution is 5.88. The summed E-state index contributed by atoms with van der Waals surface area (Å²) in [5.41, 5.74) is 7.12. The number of carbonyl (C=O) groups excluding carboxylic acids is 1. The van der Waals surface area contributed by atoms with E-state index in [0.717, 1.165) is 11.4 Å². The van der Waals surface area contributed by atoms with Gasteiger partial charge in [0.2, 0.25) is 5.91 Å². The van der Waals surface area contributed by atoms with Gasteiger partial charge < -0.3 is 21.6 Å². The third-order valence-corrected chi connectivity index (χ3v) is 2.44. The highest BCUT2D eigenvalue weighted by Gasteiger charge is 2.06. The van der Waals surface area contributed by atoms with Crippen molar-refractivity contribution in [2.75, 3.05) is 17.2 Å². The average molecular weight is 250 g/mol. The molecule has 5 N–H and O–H groups in total. The Balaban J connectivity index is 2.51. The first-order valence-corrected chi connectivity index (χ1v) is 5.62. The quantitative estimate of drug-likeness (QED) is 0.275. The van der Waals surface area contributed by atoms with Gasteiger partial charge in [0.25, 0.3) is 0 Å². The molecule has 0 aliphatic carbocycles. The van der Waals surface area contributed by atoms with Crippen LogP contribution in [0.1, 0.15) is 13.8 Å². The van der Waals surface area contributed by atoms with E-state index in [1.807, 2.05) is 19.1 Å². The van der Waals surface area contributed by atoms with Gasteiger partial charge in [0.05, 0.1) is 0 Å². The minimum Gasteiger partial charge on any atom is -0.409 e. The van der Waals surface area contributed by atoms with Crippen molar-refractivity contribution in [2.24, 2.45) is 16.8 Å². The first-order chi connectivity index (χ1) is 8.52. The van der Waals surface area contributed by atoms with Crippen LogP contribution in [-0.2, 0) is 4.79 Å². The van der Waals surface area contributed by atoms with Gasteiger partial charge in [0.1, 0.15) is 5.84 Å². The van der Waals surface area contributed by atoms with Gasteiger partial charge in [0.15, 0.2) is 0 Å². The standard InChI is InChI=1S/C12H18N4O2/c1-8(12(13)16-18)7-14-10-3-5-11(6-4-10)15-9(2)17/h3-6,8,14,18H,7H2,1-2H3,(H2,13,16)(H,15,17). The van der Waals surface area contributed by atoms with E-state index in [1.165, 1.54) is 6.92 Å². The predicted octanol–water partition coefficient (Wildman–Crippen LogP) is 1.44. The second kappa shape index (κ2) is 6.48. The summed E-state index contributed by atoms with van der Waals surface area (Å²) in [7, 11) is 0. The summed E-state index contributed by atoms with van der Waals surface area (Å²) in [5, 5.41) is 17.3. The summed E-state index contributed by atoms with van der Waals surface area (Å²) >= 11 is 0. The number of rotatable bonds is 5. The zero-order valence-electron chi connectivity index (χ0n) is 10.5. The number of oxime groups is 1. The van der Waals surface area contributed by atoms with Crippen LogP contribution in [-0.4, -0.2) is 23.5 Å². The third-order valence-electron chi connectivity index (χ3n) is 2.44. The summed E-state index contributed by atoms with van der Waals surface area (Å²) in [6.45, 7) is 3.88. The van der Waals surface area contributed by atoms with Crippen molar-refractivity contribution < 1.29 is 10.0 Å². The largest absolute Gasteiger partial charge is 0.409 e. The summed E-state index contributed by atoms with van der Waals surface area (Å²) in [4.78, 5) is 10.8. The van der Waals surface area contributed by atoms with Crippen LogP contribution in [0.3, 0.4) is 0 Å². The van der Waals surface area contributed by atoms with Crippen molar-refractivity contribution in [2.45, 2.75) is 13.8 Å². The molecular weight excluding hydrogens is 232 g/mol. The Morgan fingerprint density at radius 1 is 1.39 bits per heavy atom. The molecule has 0 saturated carbocycles. The van der Waals surface area contributed by atoms with Gasteiger partial charge in [0, 0.05) is 30.8 Å². The Morgan fingerprint density at radius 2 is 1.94 bits per heavy atom. The fourth-order valence-electron chi connectivity index (χ4n) is 1.35. The summed E-state index contributed by atoms with van der Waals surface area (Å²) < 4.78 is 0. The van der Waals surface area contributed by atoms with Crippen molar-refractivity contribution in [3.8, 4) is 0 Å². The molecule has 1 aromatic rings. The molecule has 0 fully saturated rings.